The van der Waals surface area contributed by atoms with Crippen LogP contribution in [0.15, 0.2) is 10.6 Å². The molecule has 1 saturated heterocycles. The summed E-state index contributed by atoms with van der Waals surface area (Å²) in [6, 6.07) is 4.04. The van der Waals surface area contributed by atoms with Crippen molar-refractivity contribution in [3.63, 3.8) is 0 Å². The first-order chi connectivity index (χ1) is 10.2. The number of unbranched alkanes of at least 4 members (excludes halogenated alkanes) is 1. The van der Waals surface area contributed by atoms with E-state index in [1.54, 1.807) is 0 Å². The fraction of sp³-hybridized carbons (Fsp3) is 0.667. The van der Waals surface area contributed by atoms with Crippen LogP contribution >= 0.6 is 0 Å². The second kappa shape index (κ2) is 7.79. The lowest BCUT2D eigenvalue weighted by Crippen LogP contribution is -2.38. The molecule has 2 rings (SSSR count). The molecule has 2 atom stereocenters. The Bertz CT molecular complexity index is 507. The van der Waals surface area contributed by atoms with E-state index in [0.717, 1.165) is 50.2 Å². The lowest BCUT2D eigenvalue weighted by atomic mass is 9.81. The van der Waals surface area contributed by atoms with Gasteiger partial charge in [-0.3, -0.25) is 4.79 Å². The highest BCUT2D eigenvalue weighted by Gasteiger charge is 2.27. The van der Waals surface area contributed by atoms with E-state index in [0.29, 0.717) is 6.42 Å². The fourth-order valence-corrected chi connectivity index (χ4v) is 2.89. The third kappa shape index (κ3) is 4.87. The fourth-order valence-electron chi connectivity index (χ4n) is 2.89. The molecule has 21 heavy (non-hydrogen) atoms. The number of carboxylic acid groups (broad SMARTS) is 1. The second-order valence-electron chi connectivity index (χ2n) is 5.61. The minimum atomic E-state index is -0.732. The number of aliphatic carboxylic acids is 1. The summed E-state index contributed by atoms with van der Waals surface area (Å²) in [6.45, 7) is 1.71. The van der Waals surface area contributed by atoms with Crippen molar-refractivity contribution in [2.24, 2.45) is 11.8 Å². The van der Waals surface area contributed by atoms with Crippen molar-refractivity contribution in [3.8, 4) is 6.07 Å². The van der Waals surface area contributed by atoms with E-state index in [1.165, 1.54) is 0 Å². The zero-order chi connectivity index (χ0) is 15.1. The van der Waals surface area contributed by atoms with E-state index in [9.17, 15) is 4.79 Å². The van der Waals surface area contributed by atoms with Gasteiger partial charge in [-0.1, -0.05) is 5.16 Å². The molecule has 0 radical (unpaired) electrons. The van der Waals surface area contributed by atoms with Crippen LogP contribution < -0.4 is 5.32 Å². The van der Waals surface area contributed by atoms with E-state index in [2.05, 4.69) is 16.5 Å². The van der Waals surface area contributed by atoms with Crippen LogP contribution in [0.3, 0.4) is 0 Å². The number of aromatic nitrogens is 1. The van der Waals surface area contributed by atoms with Gasteiger partial charge in [0.05, 0.1) is 11.8 Å². The van der Waals surface area contributed by atoms with Gasteiger partial charge in [-0.15, -0.1) is 0 Å². The molecule has 0 amide bonds. The van der Waals surface area contributed by atoms with E-state index in [4.69, 9.17) is 14.9 Å². The van der Waals surface area contributed by atoms with Gasteiger partial charge in [-0.2, -0.15) is 5.26 Å². The maximum Gasteiger partial charge on any atom is 0.303 e. The van der Waals surface area contributed by atoms with Gasteiger partial charge in [0.25, 0.3) is 0 Å². The predicted octanol–water partition coefficient (Wildman–Crippen LogP) is 1.76. The minimum absolute atomic E-state index is 0.197. The molecule has 114 valence electrons. The summed E-state index contributed by atoms with van der Waals surface area (Å²) >= 11 is 0. The summed E-state index contributed by atoms with van der Waals surface area (Å²) in [7, 11) is 0. The van der Waals surface area contributed by atoms with Crippen LogP contribution in [0.1, 0.15) is 37.1 Å². The summed E-state index contributed by atoms with van der Waals surface area (Å²) in [6.07, 6.45) is 3.87. The number of rotatable bonds is 7. The molecule has 1 aliphatic rings. The molecule has 0 aliphatic carbocycles. The molecule has 1 aliphatic heterocycles. The molecular weight excluding hydrogens is 270 g/mol. The number of carboxylic acids is 1. The molecule has 2 N–H and O–H groups in total. The molecular formula is C15H21N3O3. The molecule has 2 heterocycles. The van der Waals surface area contributed by atoms with Gasteiger partial charge >= 0.3 is 5.97 Å². The van der Waals surface area contributed by atoms with Gasteiger partial charge in [0, 0.05) is 25.3 Å². The molecule has 0 bridgehead atoms. The number of aryl methyl sites for hydroxylation is 1. The summed E-state index contributed by atoms with van der Waals surface area (Å²) in [5.41, 5.74) is 0.881. The molecule has 6 nitrogen and oxygen atoms in total. The largest absolute Gasteiger partial charge is 0.481 e. The standard InChI is InChI=1S/C15H21N3O3/c16-5-2-1-3-14-9-13(18-21-14)7-12-10-17-6-4-11(12)8-15(19)20/h9,11-12,17H,1-4,6-8,10H2,(H,19,20)/t11-,12-/m0/s1. The molecule has 0 aromatic carbocycles. The Kier molecular flexibility index (Phi) is 5.76. The van der Waals surface area contributed by atoms with Gasteiger partial charge < -0.3 is 14.9 Å². The van der Waals surface area contributed by atoms with Crippen molar-refractivity contribution < 1.29 is 14.4 Å². The highest BCUT2D eigenvalue weighted by atomic mass is 16.5. The van der Waals surface area contributed by atoms with Gasteiger partial charge in [0.15, 0.2) is 0 Å². The summed E-state index contributed by atoms with van der Waals surface area (Å²) in [5, 5.41) is 24.9. The van der Waals surface area contributed by atoms with Crippen LogP contribution in [0.5, 0.6) is 0 Å². The van der Waals surface area contributed by atoms with E-state index in [-0.39, 0.29) is 18.3 Å². The highest BCUT2D eigenvalue weighted by Crippen LogP contribution is 2.26. The van der Waals surface area contributed by atoms with Crippen molar-refractivity contribution in [2.45, 2.75) is 38.5 Å². The van der Waals surface area contributed by atoms with Crippen molar-refractivity contribution in [1.82, 2.24) is 10.5 Å². The first kappa shape index (κ1) is 15.5. The maximum absolute atomic E-state index is 10.9. The number of hydrogen-bond acceptors (Lipinski definition) is 5. The number of hydrogen-bond donors (Lipinski definition) is 2. The third-order valence-electron chi connectivity index (χ3n) is 3.99. The quantitative estimate of drug-likeness (QED) is 0.743. The Morgan fingerprint density at radius 3 is 3.19 bits per heavy atom. The SMILES string of the molecule is N#CCCCc1cc(C[C@H]2CNCC[C@H]2CC(=O)O)no1. The molecule has 1 aromatic heterocycles. The van der Waals surface area contributed by atoms with Crippen LogP contribution in [0.25, 0.3) is 0 Å². The van der Waals surface area contributed by atoms with E-state index >= 15 is 0 Å². The lowest BCUT2D eigenvalue weighted by molar-refractivity contribution is -0.138. The van der Waals surface area contributed by atoms with Crippen molar-refractivity contribution in [3.05, 3.63) is 17.5 Å². The van der Waals surface area contributed by atoms with E-state index < -0.39 is 5.97 Å². The average Bonchev–Trinajstić information content (AvgIpc) is 2.88. The number of piperidine rings is 1. The zero-order valence-corrected chi connectivity index (χ0v) is 12.0. The van der Waals surface area contributed by atoms with Crippen molar-refractivity contribution in [1.29, 1.82) is 5.26 Å². The smallest absolute Gasteiger partial charge is 0.303 e. The first-order valence-electron chi connectivity index (χ1n) is 7.43. The van der Waals surface area contributed by atoms with Gasteiger partial charge in [0.2, 0.25) is 0 Å². The highest BCUT2D eigenvalue weighted by molar-refractivity contribution is 5.67. The van der Waals surface area contributed by atoms with E-state index in [1.807, 2.05) is 6.07 Å². The normalized spacial score (nSPS) is 21.9. The van der Waals surface area contributed by atoms with Crippen LogP contribution in [-0.2, 0) is 17.6 Å². The lowest BCUT2D eigenvalue weighted by Gasteiger charge is -2.30. The molecule has 1 aromatic rings. The Balaban J connectivity index is 1.89. The van der Waals surface area contributed by atoms with Gasteiger partial charge in [-0.25, -0.2) is 0 Å². The molecule has 0 unspecified atom stereocenters. The number of nitrogens with zero attached hydrogens (tertiary/aromatic N) is 2. The van der Waals surface area contributed by atoms with Crippen LogP contribution in [0.2, 0.25) is 0 Å². The monoisotopic (exact) mass is 291 g/mol. The maximum atomic E-state index is 10.9. The number of nitriles is 1. The average molecular weight is 291 g/mol. The molecule has 6 heteroatoms. The number of carbonyl (C=O) groups is 1. The third-order valence-corrected chi connectivity index (χ3v) is 3.99. The summed E-state index contributed by atoms with van der Waals surface area (Å²) < 4.78 is 5.27. The molecule has 1 fully saturated rings. The Labute approximate surface area is 124 Å². The van der Waals surface area contributed by atoms with Crippen molar-refractivity contribution in [2.75, 3.05) is 13.1 Å². The van der Waals surface area contributed by atoms with Gasteiger partial charge in [-0.05, 0) is 44.2 Å². The summed E-state index contributed by atoms with van der Waals surface area (Å²) in [4.78, 5) is 10.9. The Morgan fingerprint density at radius 1 is 1.57 bits per heavy atom. The predicted molar refractivity (Wildman–Crippen MR) is 75.5 cm³/mol. The number of nitrogens with one attached hydrogen (secondary N) is 1. The van der Waals surface area contributed by atoms with Crippen LogP contribution in [0.4, 0.5) is 0 Å². The first-order valence-corrected chi connectivity index (χ1v) is 7.43. The minimum Gasteiger partial charge on any atom is -0.481 e. The Morgan fingerprint density at radius 2 is 2.43 bits per heavy atom. The molecule has 0 spiro atoms. The second-order valence-corrected chi connectivity index (χ2v) is 5.61. The van der Waals surface area contributed by atoms with Gasteiger partial charge in [0.1, 0.15) is 5.76 Å². The molecule has 0 saturated carbocycles. The van der Waals surface area contributed by atoms with Crippen LogP contribution in [-0.4, -0.2) is 29.3 Å². The Hall–Kier alpha value is -1.87. The topological polar surface area (TPSA) is 99.2 Å². The summed E-state index contributed by atoms with van der Waals surface area (Å²) in [5.74, 6) is 0.553. The van der Waals surface area contributed by atoms with Crippen LogP contribution in [0, 0.1) is 23.2 Å². The van der Waals surface area contributed by atoms with Crippen molar-refractivity contribution >= 4 is 5.97 Å². The zero-order valence-electron chi connectivity index (χ0n) is 12.0.